The second-order valence-electron chi connectivity index (χ2n) is 7.11. The molecule has 0 unspecified atom stereocenters. The Morgan fingerprint density at radius 1 is 1.10 bits per heavy atom. The van der Waals surface area contributed by atoms with Gasteiger partial charge in [0.1, 0.15) is 11.8 Å². The zero-order chi connectivity index (χ0) is 23.1. The van der Waals surface area contributed by atoms with Crippen LogP contribution in [0.1, 0.15) is 32.8 Å². The van der Waals surface area contributed by atoms with Crippen molar-refractivity contribution in [3.05, 3.63) is 61.5 Å². The van der Waals surface area contributed by atoms with Gasteiger partial charge in [0, 0.05) is 27.1 Å². The lowest BCUT2D eigenvalue weighted by molar-refractivity contribution is -0.142. The van der Waals surface area contributed by atoms with E-state index in [2.05, 4.69) is 21.2 Å². The van der Waals surface area contributed by atoms with Crippen molar-refractivity contribution in [3.63, 3.8) is 0 Å². The van der Waals surface area contributed by atoms with Crippen LogP contribution in [-0.4, -0.2) is 35.4 Å². The molecule has 0 heterocycles. The summed E-state index contributed by atoms with van der Waals surface area (Å²) in [5.41, 5.74) is 0.671. The molecule has 0 fully saturated rings. The Labute approximate surface area is 206 Å². The summed E-state index contributed by atoms with van der Waals surface area (Å²) in [6.07, 6.45) is 0.778. The van der Waals surface area contributed by atoms with Gasteiger partial charge >= 0.3 is 0 Å². The lowest BCUT2D eigenvalue weighted by atomic mass is 10.1. The van der Waals surface area contributed by atoms with E-state index < -0.39 is 6.04 Å². The molecule has 2 rings (SSSR count). The van der Waals surface area contributed by atoms with Crippen LogP contribution in [0.4, 0.5) is 0 Å². The fourth-order valence-corrected chi connectivity index (χ4v) is 3.89. The predicted octanol–water partition coefficient (Wildman–Crippen LogP) is 6.12. The quantitative estimate of drug-likeness (QED) is 0.409. The Morgan fingerprint density at radius 3 is 2.42 bits per heavy atom. The number of nitrogens with one attached hydrogen (secondary N) is 1. The molecule has 0 aliphatic carbocycles. The van der Waals surface area contributed by atoms with E-state index in [1.165, 1.54) is 4.90 Å². The maximum absolute atomic E-state index is 13.1. The zero-order valence-electron chi connectivity index (χ0n) is 17.4. The largest absolute Gasteiger partial charge is 0.482 e. The molecule has 0 spiro atoms. The smallest absolute Gasteiger partial charge is 0.261 e. The number of carbonyl (C=O) groups excluding carboxylic acids is 2. The molecule has 1 N–H and O–H groups in total. The summed E-state index contributed by atoms with van der Waals surface area (Å²) in [4.78, 5) is 27.2. The van der Waals surface area contributed by atoms with Crippen LogP contribution >= 0.6 is 50.7 Å². The molecule has 9 heteroatoms. The fraction of sp³-hybridized carbons (Fsp3) is 0.364. The number of ether oxygens (including phenoxy) is 1. The average Bonchev–Trinajstić information content (AvgIpc) is 2.71. The number of nitrogens with zero attached hydrogens (tertiary/aromatic N) is 1. The molecule has 0 saturated carbocycles. The molecule has 2 aromatic rings. The average molecular weight is 551 g/mol. The highest BCUT2D eigenvalue weighted by Gasteiger charge is 2.28. The summed E-state index contributed by atoms with van der Waals surface area (Å²) in [5.74, 6) is -0.259. The summed E-state index contributed by atoms with van der Waals surface area (Å²) in [7, 11) is 0. The number of hydrogen-bond donors (Lipinski definition) is 1. The minimum absolute atomic E-state index is 0.0103. The monoisotopic (exact) mass is 548 g/mol. The highest BCUT2D eigenvalue weighted by Crippen LogP contribution is 2.28. The summed E-state index contributed by atoms with van der Waals surface area (Å²) in [6, 6.07) is 9.38. The number of carbonyl (C=O) groups is 2. The Bertz CT molecular complexity index is 942. The van der Waals surface area contributed by atoms with Gasteiger partial charge in [-0.15, -0.1) is 0 Å². The third kappa shape index (κ3) is 7.56. The molecule has 31 heavy (non-hydrogen) atoms. The van der Waals surface area contributed by atoms with Gasteiger partial charge in [0.15, 0.2) is 6.61 Å². The van der Waals surface area contributed by atoms with E-state index in [-0.39, 0.29) is 31.0 Å². The highest BCUT2D eigenvalue weighted by molar-refractivity contribution is 9.10. The van der Waals surface area contributed by atoms with E-state index in [1.807, 2.05) is 13.8 Å². The lowest BCUT2D eigenvalue weighted by Crippen LogP contribution is -2.50. The van der Waals surface area contributed by atoms with Crippen molar-refractivity contribution < 1.29 is 14.3 Å². The topological polar surface area (TPSA) is 58.6 Å². The zero-order valence-corrected chi connectivity index (χ0v) is 21.3. The standard InChI is InChI=1S/C22H24BrCl3N2O3/c1-4-13(2)27-22(30)14(3)28(11-15-5-7-17(24)10-18(15)25)21(29)12-31-20-8-6-16(23)9-19(20)26/h5-10,13-14H,4,11-12H2,1-3H3,(H,27,30)/t13-,14-/m0/s1. The van der Waals surface area contributed by atoms with Crippen LogP contribution in [0.15, 0.2) is 40.9 Å². The molecule has 168 valence electrons. The van der Waals surface area contributed by atoms with Crippen LogP contribution in [0.25, 0.3) is 0 Å². The Hall–Kier alpha value is -1.47. The van der Waals surface area contributed by atoms with Gasteiger partial charge in [-0.3, -0.25) is 9.59 Å². The molecule has 2 amide bonds. The Morgan fingerprint density at radius 2 is 1.81 bits per heavy atom. The SMILES string of the molecule is CC[C@H](C)NC(=O)[C@H](C)N(Cc1ccc(Cl)cc1Cl)C(=O)COc1ccc(Br)cc1Cl. The van der Waals surface area contributed by atoms with Gasteiger partial charge in [0.25, 0.3) is 5.91 Å². The second kappa shape index (κ2) is 12.0. The molecule has 0 saturated heterocycles. The van der Waals surface area contributed by atoms with Crippen molar-refractivity contribution >= 4 is 62.5 Å². The first-order chi connectivity index (χ1) is 14.6. The number of amides is 2. The minimum atomic E-state index is -0.739. The van der Waals surface area contributed by atoms with Crippen molar-refractivity contribution in [2.75, 3.05) is 6.61 Å². The summed E-state index contributed by atoms with van der Waals surface area (Å²) in [5, 5.41) is 4.18. The fourth-order valence-electron chi connectivity index (χ4n) is 2.70. The molecule has 2 atom stereocenters. The molecule has 0 aliphatic heterocycles. The number of halogens is 4. The van der Waals surface area contributed by atoms with Crippen molar-refractivity contribution in [1.29, 1.82) is 0 Å². The molecule has 0 aromatic heterocycles. The van der Waals surface area contributed by atoms with Crippen molar-refractivity contribution in [1.82, 2.24) is 10.2 Å². The molecule has 5 nitrogen and oxygen atoms in total. The van der Waals surface area contributed by atoms with E-state index >= 15 is 0 Å². The van der Waals surface area contributed by atoms with Crippen molar-refractivity contribution in [3.8, 4) is 5.75 Å². The summed E-state index contributed by atoms with van der Waals surface area (Å²) >= 11 is 21.8. The Kier molecular flexibility index (Phi) is 9.94. The van der Waals surface area contributed by atoms with Gasteiger partial charge < -0.3 is 15.0 Å². The van der Waals surface area contributed by atoms with Gasteiger partial charge in [-0.25, -0.2) is 0 Å². The van der Waals surface area contributed by atoms with Crippen LogP contribution < -0.4 is 10.1 Å². The number of benzene rings is 2. The van der Waals surface area contributed by atoms with Crippen molar-refractivity contribution in [2.45, 2.75) is 45.8 Å². The number of rotatable bonds is 9. The van der Waals surface area contributed by atoms with Crippen molar-refractivity contribution in [2.24, 2.45) is 0 Å². The van der Waals surface area contributed by atoms with Gasteiger partial charge in [-0.2, -0.15) is 0 Å². The van der Waals surface area contributed by atoms with Crippen LogP contribution in [0, 0.1) is 0 Å². The first-order valence-electron chi connectivity index (χ1n) is 9.74. The van der Waals surface area contributed by atoms with Gasteiger partial charge in [0.2, 0.25) is 5.91 Å². The highest BCUT2D eigenvalue weighted by atomic mass is 79.9. The summed E-state index contributed by atoms with van der Waals surface area (Å²) in [6.45, 7) is 5.40. The van der Waals surface area contributed by atoms with E-state index in [1.54, 1.807) is 43.3 Å². The summed E-state index contributed by atoms with van der Waals surface area (Å²) < 4.78 is 6.42. The maximum atomic E-state index is 13.1. The van der Waals surface area contributed by atoms with E-state index in [0.29, 0.717) is 26.4 Å². The molecule has 0 radical (unpaired) electrons. The minimum Gasteiger partial charge on any atom is -0.482 e. The molecule has 0 bridgehead atoms. The normalized spacial score (nSPS) is 12.7. The lowest BCUT2D eigenvalue weighted by Gasteiger charge is -2.30. The Balaban J connectivity index is 2.22. The van der Waals surface area contributed by atoms with Crippen LogP contribution in [0.5, 0.6) is 5.75 Å². The second-order valence-corrected chi connectivity index (χ2v) is 9.28. The molecule has 0 aliphatic rings. The number of hydrogen-bond acceptors (Lipinski definition) is 3. The molecular weight excluding hydrogens is 527 g/mol. The first-order valence-corrected chi connectivity index (χ1v) is 11.7. The molecule has 2 aromatic carbocycles. The van der Waals surface area contributed by atoms with Crippen LogP contribution in [0.3, 0.4) is 0 Å². The maximum Gasteiger partial charge on any atom is 0.261 e. The first kappa shape index (κ1) is 25.8. The third-order valence-corrected chi connectivity index (χ3v) is 6.14. The van der Waals surface area contributed by atoms with E-state index in [9.17, 15) is 9.59 Å². The van der Waals surface area contributed by atoms with E-state index in [4.69, 9.17) is 39.5 Å². The van der Waals surface area contributed by atoms with Crippen LogP contribution in [-0.2, 0) is 16.1 Å². The third-order valence-electron chi connectivity index (χ3n) is 4.77. The van der Waals surface area contributed by atoms with Gasteiger partial charge in [0.05, 0.1) is 5.02 Å². The molecular formula is C22H24BrCl3N2O3. The predicted molar refractivity (Wildman–Crippen MR) is 129 cm³/mol. The van der Waals surface area contributed by atoms with Crippen LogP contribution in [0.2, 0.25) is 15.1 Å². The van der Waals surface area contributed by atoms with Gasteiger partial charge in [-0.1, -0.05) is 63.7 Å². The van der Waals surface area contributed by atoms with E-state index in [0.717, 1.165) is 10.9 Å². The van der Waals surface area contributed by atoms with Gasteiger partial charge in [-0.05, 0) is 56.2 Å².